The summed E-state index contributed by atoms with van der Waals surface area (Å²) in [5.74, 6) is 1.92. The van der Waals surface area contributed by atoms with Crippen LogP contribution in [-0.2, 0) is 0 Å². The molecule has 3 aromatic rings. The zero-order valence-corrected chi connectivity index (χ0v) is 9.46. The van der Waals surface area contributed by atoms with Crippen molar-refractivity contribution in [2.45, 2.75) is 13.0 Å². The lowest BCUT2D eigenvalue weighted by atomic mass is 10.3. The molecular weight excluding hydrogens is 214 g/mol. The number of hydrogen-bond donors (Lipinski definition) is 2. The van der Waals surface area contributed by atoms with Crippen molar-refractivity contribution in [3.63, 3.8) is 0 Å². The van der Waals surface area contributed by atoms with Crippen LogP contribution in [0.15, 0.2) is 43.0 Å². The summed E-state index contributed by atoms with van der Waals surface area (Å²) in [7, 11) is 0. The Hall–Kier alpha value is -2.30. The second kappa shape index (κ2) is 3.93. The van der Waals surface area contributed by atoms with Crippen molar-refractivity contribution < 1.29 is 0 Å². The van der Waals surface area contributed by atoms with E-state index in [-0.39, 0.29) is 6.04 Å². The highest BCUT2D eigenvalue weighted by Crippen LogP contribution is 2.17. The average Bonchev–Trinajstić information content (AvgIpc) is 3.00. The number of nitrogens with zero attached hydrogens (tertiary/aromatic N) is 3. The van der Waals surface area contributed by atoms with Gasteiger partial charge in [-0.1, -0.05) is 6.07 Å². The van der Waals surface area contributed by atoms with E-state index in [4.69, 9.17) is 0 Å². The first-order valence-corrected chi connectivity index (χ1v) is 5.52. The summed E-state index contributed by atoms with van der Waals surface area (Å²) in [6.07, 6.45) is 7.31. The molecule has 0 aromatic carbocycles. The second-order valence-electron chi connectivity index (χ2n) is 3.91. The Bertz CT molecular complexity index is 611. The third kappa shape index (κ3) is 1.75. The lowest BCUT2D eigenvalue weighted by Gasteiger charge is -2.14. The van der Waals surface area contributed by atoms with Gasteiger partial charge >= 0.3 is 0 Å². The predicted octanol–water partition coefficient (Wildman–Crippen LogP) is 2.23. The maximum Gasteiger partial charge on any atom is 0.138 e. The molecule has 0 radical (unpaired) electrons. The summed E-state index contributed by atoms with van der Waals surface area (Å²) < 4.78 is 2.01. The molecule has 0 saturated heterocycles. The summed E-state index contributed by atoms with van der Waals surface area (Å²) >= 11 is 0. The van der Waals surface area contributed by atoms with E-state index in [1.54, 1.807) is 12.4 Å². The third-order valence-corrected chi connectivity index (χ3v) is 2.72. The molecule has 2 N–H and O–H groups in total. The summed E-state index contributed by atoms with van der Waals surface area (Å²) in [6.45, 7) is 2.06. The first-order valence-electron chi connectivity index (χ1n) is 5.52. The van der Waals surface area contributed by atoms with Crippen LogP contribution in [0.3, 0.4) is 0 Å². The summed E-state index contributed by atoms with van der Waals surface area (Å²) in [5, 5.41) is 3.40. The van der Waals surface area contributed by atoms with Crippen LogP contribution < -0.4 is 5.32 Å². The van der Waals surface area contributed by atoms with Crippen LogP contribution >= 0.6 is 0 Å². The summed E-state index contributed by atoms with van der Waals surface area (Å²) in [4.78, 5) is 11.6. The van der Waals surface area contributed by atoms with E-state index in [0.717, 1.165) is 17.3 Å². The molecule has 0 fully saturated rings. The molecule has 1 atom stereocenters. The summed E-state index contributed by atoms with van der Waals surface area (Å²) in [6, 6.07) is 6.11. The standard InChI is InChI=1S/C12H13N5/c1-9(12-14-5-6-15-12)16-11-4-2-3-10-13-7-8-17(10)11/h2-9,16H,1H3,(H,14,15). The Morgan fingerprint density at radius 3 is 3.06 bits per heavy atom. The highest BCUT2D eigenvalue weighted by Gasteiger charge is 2.08. The van der Waals surface area contributed by atoms with Crippen molar-refractivity contribution >= 4 is 11.5 Å². The van der Waals surface area contributed by atoms with Gasteiger partial charge in [0.2, 0.25) is 0 Å². The molecule has 17 heavy (non-hydrogen) atoms. The zero-order valence-electron chi connectivity index (χ0n) is 9.46. The number of aromatic amines is 1. The van der Waals surface area contributed by atoms with Crippen LogP contribution in [0.2, 0.25) is 0 Å². The van der Waals surface area contributed by atoms with Gasteiger partial charge in [0.15, 0.2) is 0 Å². The van der Waals surface area contributed by atoms with Crippen molar-refractivity contribution in [1.29, 1.82) is 0 Å². The van der Waals surface area contributed by atoms with Gasteiger partial charge in [-0.25, -0.2) is 9.97 Å². The number of H-pyrrole nitrogens is 1. The Kier molecular flexibility index (Phi) is 2.29. The van der Waals surface area contributed by atoms with E-state index < -0.39 is 0 Å². The van der Waals surface area contributed by atoms with Gasteiger partial charge in [-0.2, -0.15) is 0 Å². The lowest BCUT2D eigenvalue weighted by molar-refractivity contribution is 0.800. The predicted molar refractivity (Wildman–Crippen MR) is 65.8 cm³/mol. The first kappa shape index (κ1) is 9.89. The smallest absolute Gasteiger partial charge is 0.138 e. The number of anilines is 1. The normalized spacial score (nSPS) is 12.8. The van der Waals surface area contributed by atoms with Gasteiger partial charge in [0.1, 0.15) is 17.3 Å². The number of pyridine rings is 1. The van der Waals surface area contributed by atoms with Crippen LogP contribution in [0, 0.1) is 0 Å². The molecule has 0 aliphatic carbocycles. The third-order valence-electron chi connectivity index (χ3n) is 2.72. The Balaban J connectivity index is 1.92. The van der Waals surface area contributed by atoms with E-state index in [1.165, 1.54) is 0 Å². The quantitative estimate of drug-likeness (QED) is 0.721. The number of aromatic nitrogens is 4. The van der Waals surface area contributed by atoms with Crippen LogP contribution in [0.1, 0.15) is 18.8 Å². The minimum atomic E-state index is 0.123. The molecule has 1 unspecified atom stereocenters. The molecule has 0 bridgehead atoms. The van der Waals surface area contributed by atoms with Gasteiger partial charge < -0.3 is 10.3 Å². The summed E-state index contributed by atoms with van der Waals surface area (Å²) in [5.41, 5.74) is 0.932. The van der Waals surface area contributed by atoms with Gasteiger partial charge in [-0.15, -0.1) is 0 Å². The number of nitrogens with one attached hydrogen (secondary N) is 2. The molecule has 0 spiro atoms. The van der Waals surface area contributed by atoms with Crippen LogP contribution in [0.4, 0.5) is 5.82 Å². The van der Waals surface area contributed by atoms with Crippen LogP contribution in [0.5, 0.6) is 0 Å². The van der Waals surface area contributed by atoms with Gasteiger partial charge in [0.05, 0.1) is 6.04 Å². The van der Waals surface area contributed by atoms with Gasteiger partial charge in [-0.05, 0) is 19.1 Å². The minimum absolute atomic E-state index is 0.123. The molecule has 3 rings (SSSR count). The van der Waals surface area contributed by atoms with Gasteiger partial charge in [0.25, 0.3) is 0 Å². The fourth-order valence-corrected chi connectivity index (χ4v) is 1.87. The van der Waals surface area contributed by atoms with E-state index in [9.17, 15) is 0 Å². The molecule has 5 nitrogen and oxygen atoms in total. The highest BCUT2D eigenvalue weighted by molar-refractivity contribution is 5.50. The molecule has 0 aliphatic heterocycles. The van der Waals surface area contributed by atoms with Gasteiger partial charge in [0, 0.05) is 24.8 Å². The Labute approximate surface area is 98.5 Å². The zero-order chi connectivity index (χ0) is 11.7. The second-order valence-corrected chi connectivity index (χ2v) is 3.91. The van der Waals surface area contributed by atoms with Gasteiger partial charge in [-0.3, -0.25) is 4.40 Å². The number of imidazole rings is 2. The molecule has 3 aromatic heterocycles. The highest BCUT2D eigenvalue weighted by atomic mass is 15.1. The topological polar surface area (TPSA) is 58.0 Å². The maximum atomic E-state index is 4.25. The largest absolute Gasteiger partial charge is 0.361 e. The van der Waals surface area contributed by atoms with Crippen molar-refractivity contribution in [1.82, 2.24) is 19.4 Å². The Morgan fingerprint density at radius 1 is 1.29 bits per heavy atom. The van der Waals surface area contributed by atoms with Crippen molar-refractivity contribution in [3.8, 4) is 0 Å². The average molecular weight is 227 g/mol. The van der Waals surface area contributed by atoms with E-state index in [2.05, 4.69) is 27.2 Å². The van der Waals surface area contributed by atoms with Crippen molar-refractivity contribution in [2.75, 3.05) is 5.32 Å². The molecule has 0 aliphatic rings. The molecule has 3 heterocycles. The van der Waals surface area contributed by atoms with Crippen LogP contribution in [0.25, 0.3) is 5.65 Å². The molecule has 0 amide bonds. The van der Waals surface area contributed by atoms with E-state index in [0.29, 0.717) is 0 Å². The Morgan fingerprint density at radius 2 is 2.24 bits per heavy atom. The molecular formula is C12H13N5. The van der Waals surface area contributed by atoms with Crippen LogP contribution in [-0.4, -0.2) is 19.4 Å². The number of fused-ring (bicyclic) bond motifs is 1. The number of rotatable bonds is 3. The van der Waals surface area contributed by atoms with E-state index >= 15 is 0 Å². The monoisotopic (exact) mass is 227 g/mol. The SMILES string of the molecule is CC(Nc1cccc2nccn12)c1ncc[nH]1. The molecule has 0 saturated carbocycles. The minimum Gasteiger partial charge on any atom is -0.361 e. The first-order chi connectivity index (χ1) is 8.34. The lowest BCUT2D eigenvalue weighted by Crippen LogP contribution is -2.10. The van der Waals surface area contributed by atoms with E-state index in [1.807, 2.05) is 35.0 Å². The number of hydrogen-bond acceptors (Lipinski definition) is 3. The molecule has 5 heteroatoms. The maximum absolute atomic E-state index is 4.25. The van der Waals surface area contributed by atoms with Crippen molar-refractivity contribution in [3.05, 3.63) is 48.8 Å². The molecule has 86 valence electrons. The van der Waals surface area contributed by atoms with Crippen molar-refractivity contribution in [2.24, 2.45) is 0 Å². The fourth-order valence-electron chi connectivity index (χ4n) is 1.87. The fraction of sp³-hybridized carbons (Fsp3) is 0.167.